The lowest BCUT2D eigenvalue weighted by atomic mass is 10.2. The lowest BCUT2D eigenvalue weighted by Gasteiger charge is -2.18. The van der Waals surface area contributed by atoms with Crippen molar-refractivity contribution in [3.05, 3.63) is 59.9 Å². The number of aliphatic imine (C=N–C) groups is 1. The van der Waals surface area contributed by atoms with Crippen LogP contribution in [0.1, 0.15) is 12.5 Å². The second kappa shape index (κ2) is 11.6. The second-order valence-electron chi connectivity index (χ2n) is 6.89. The van der Waals surface area contributed by atoms with Crippen molar-refractivity contribution < 1.29 is 18.7 Å². The van der Waals surface area contributed by atoms with Crippen LogP contribution >= 0.6 is 0 Å². The fourth-order valence-electron chi connectivity index (χ4n) is 2.46. The number of para-hydroxylation sites is 1. The molecule has 0 radical (unpaired) electrons. The Morgan fingerprint density at radius 1 is 1.17 bits per heavy atom. The molecule has 0 aliphatic carbocycles. The van der Waals surface area contributed by atoms with E-state index in [0.717, 1.165) is 5.56 Å². The third-order valence-electron chi connectivity index (χ3n) is 4.16. The van der Waals surface area contributed by atoms with E-state index in [9.17, 15) is 9.18 Å². The van der Waals surface area contributed by atoms with Gasteiger partial charge in [-0.25, -0.2) is 4.39 Å². The highest BCUT2D eigenvalue weighted by atomic mass is 19.1. The molecule has 2 rings (SSSR count). The van der Waals surface area contributed by atoms with Gasteiger partial charge >= 0.3 is 0 Å². The molecule has 0 bridgehead atoms. The highest BCUT2D eigenvalue weighted by Gasteiger charge is 2.09. The van der Waals surface area contributed by atoms with Gasteiger partial charge in [-0.1, -0.05) is 24.3 Å². The summed E-state index contributed by atoms with van der Waals surface area (Å²) < 4.78 is 24.8. The van der Waals surface area contributed by atoms with E-state index >= 15 is 0 Å². The fourth-order valence-corrected chi connectivity index (χ4v) is 2.46. The van der Waals surface area contributed by atoms with E-state index in [1.165, 1.54) is 11.0 Å². The Kier molecular flexibility index (Phi) is 8.93. The summed E-state index contributed by atoms with van der Waals surface area (Å²) in [5.41, 5.74) is 0.975. The maximum Gasteiger partial charge on any atom is 0.259 e. The van der Waals surface area contributed by atoms with Gasteiger partial charge in [0.2, 0.25) is 0 Å². The number of nitrogens with zero attached hydrogens (tertiary/aromatic N) is 2. The molecule has 0 saturated carbocycles. The molecule has 0 aliphatic rings. The van der Waals surface area contributed by atoms with Crippen LogP contribution in [0.15, 0.2) is 53.5 Å². The number of guanidine groups is 1. The standard InChI is InChI=1S/C22H29FN4O3/c1-16(30-20-11-6-5-10-19(20)23)13-25-22(24-2)26-14-17-8-7-9-18(12-17)29-15-21(28)27(3)4/h5-12,16H,13-15H2,1-4H3,(H2,24,25,26). The van der Waals surface area contributed by atoms with Crippen LogP contribution in [0.2, 0.25) is 0 Å². The van der Waals surface area contributed by atoms with Crippen LogP contribution in [0.5, 0.6) is 11.5 Å². The molecule has 1 atom stereocenters. The first-order valence-electron chi connectivity index (χ1n) is 9.66. The number of likely N-dealkylation sites (N-methyl/N-ethyl adjacent to an activating group) is 1. The van der Waals surface area contributed by atoms with E-state index in [1.807, 2.05) is 25.1 Å². The van der Waals surface area contributed by atoms with E-state index in [2.05, 4.69) is 15.6 Å². The number of nitrogens with one attached hydrogen (secondary N) is 2. The number of carbonyl (C=O) groups excluding carboxylic acids is 1. The van der Waals surface area contributed by atoms with Crippen molar-refractivity contribution in [2.24, 2.45) is 4.99 Å². The number of ether oxygens (including phenoxy) is 2. The number of halogens is 1. The van der Waals surface area contributed by atoms with Gasteiger partial charge in [-0.05, 0) is 36.8 Å². The molecule has 1 amide bonds. The zero-order valence-corrected chi connectivity index (χ0v) is 17.8. The topological polar surface area (TPSA) is 75.2 Å². The first-order chi connectivity index (χ1) is 14.4. The highest BCUT2D eigenvalue weighted by molar-refractivity contribution is 5.79. The molecule has 0 spiro atoms. The average Bonchev–Trinajstić information content (AvgIpc) is 2.74. The van der Waals surface area contributed by atoms with Crippen LogP contribution in [-0.4, -0.2) is 57.2 Å². The first kappa shape index (κ1) is 23.0. The quantitative estimate of drug-likeness (QED) is 0.485. The maximum absolute atomic E-state index is 13.7. The molecular weight excluding hydrogens is 387 g/mol. The summed E-state index contributed by atoms with van der Waals surface area (Å²) in [6.07, 6.45) is -0.258. The van der Waals surface area contributed by atoms with Gasteiger partial charge in [0.05, 0.1) is 6.54 Å². The molecule has 0 saturated heterocycles. The lowest BCUT2D eigenvalue weighted by Crippen LogP contribution is -2.41. The normalized spacial score (nSPS) is 12.1. The van der Waals surface area contributed by atoms with Crippen molar-refractivity contribution in [3.63, 3.8) is 0 Å². The molecule has 0 fully saturated rings. The summed E-state index contributed by atoms with van der Waals surface area (Å²) in [6.45, 7) is 2.81. The molecule has 0 heterocycles. The summed E-state index contributed by atoms with van der Waals surface area (Å²) in [5, 5.41) is 6.36. The number of benzene rings is 2. The molecule has 8 heteroatoms. The molecule has 2 N–H and O–H groups in total. The van der Waals surface area contributed by atoms with Gasteiger partial charge in [-0.3, -0.25) is 9.79 Å². The zero-order chi connectivity index (χ0) is 21.9. The summed E-state index contributed by atoms with van der Waals surface area (Å²) in [5.74, 6) is 0.947. The number of hydrogen-bond acceptors (Lipinski definition) is 4. The second-order valence-corrected chi connectivity index (χ2v) is 6.89. The van der Waals surface area contributed by atoms with Crippen molar-refractivity contribution in [1.29, 1.82) is 0 Å². The van der Waals surface area contributed by atoms with E-state index in [1.54, 1.807) is 45.4 Å². The summed E-state index contributed by atoms with van der Waals surface area (Å²) in [6, 6.07) is 13.8. The number of amides is 1. The minimum absolute atomic E-state index is 0.00694. The lowest BCUT2D eigenvalue weighted by molar-refractivity contribution is -0.130. The Morgan fingerprint density at radius 2 is 1.93 bits per heavy atom. The Morgan fingerprint density at radius 3 is 2.63 bits per heavy atom. The van der Waals surface area contributed by atoms with Crippen LogP contribution in [-0.2, 0) is 11.3 Å². The fraction of sp³-hybridized carbons (Fsp3) is 0.364. The van der Waals surface area contributed by atoms with E-state index < -0.39 is 0 Å². The van der Waals surface area contributed by atoms with Crippen molar-refractivity contribution in [3.8, 4) is 11.5 Å². The predicted molar refractivity (Wildman–Crippen MR) is 115 cm³/mol. The van der Waals surface area contributed by atoms with Gasteiger partial charge in [0, 0.05) is 27.7 Å². The Hall–Kier alpha value is -3.29. The molecule has 2 aromatic carbocycles. The number of hydrogen-bond donors (Lipinski definition) is 2. The third kappa shape index (κ3) is 7.62. The summed E-state index contributed by atoms with van der Waals surface area (Å²) in [4.78, 5) is 17.3. The molecule has 7 nitrogen and oxygen atoms in total. The van der Waals surface area contributed by atoms with Gasteiger partial charge in [0.1, 0.15) is 11.9 Å². The Bertz CT molecular complexity index is 858. The molecular formula is C22H29FN4O3. The van der Waals surface area contributed by atoms with Gasteiger partial charge in [-0.15, -0.1) is 0 Å². The van der Waals surface area contributed by atoms with Crippen molar-refractivity contribution in [2.45, 2.75) is 19.6 Å². The monoisotopic (exact) mass is 416 g/mol. The van der Waals surface area contributed by atoms with E-state index in [-0.39, 0.29) is 30.2 Å². The average molecular weight is 416 g/mol. The van der Waals surface area contributed by atoms with Gasteiger partial charge in [-0.2, -0.15) is 0 Å². The van der Waals surface area contributed by atoms with Gasteiger partial charge < -0.3 is 25.0 Å². The molecule has 0 aliphatic heterocycles. The minimum atomic E-state index is -0.388. The van der Waals surface area contributed by atoms with Crippen molar-refractivity contribution >= 4 is 11.9 Å². The SMILES string of the molecule is CN=C(NCc1cccc(OCC(=O)N(C)C)c1)NCC(C)Oc1ccccc1F. The van der Waals surface area contributed by atoms with Crippen LogP contribution in [0, 0.1) is 5.82 Å². The molecule has 0 aromatic heterocycles. The number of rotatable bonds is 9. The maximum atomic E-state index is 13.7. The first-order valence-corrected chi connectivity index (χ1v) is 9.66. The predicted octanol–water partition coefficient (Wildman–Crippen LogP) is 2.43. The number of carbonyl (C=O) groups is 1. The van der Waals surface area contributed by atoms with Crippen molar-refractivity contribution in [1.82, 2.24) is 15.5 Å². The van der Waals surface area contributed by atoms with Crippen LogP contribution in [0.25, 0.3) is 0 Å². The third-order valence-corrected chi connectivity index (χ3v) is 4.16. The minimum Gasteiger partial charge on any atom is -0.486 e. The van der Waals surface area contributed by atoms with Crippen molar-refractivity contribution in [2.75, 3.05) is 34.3 Å². The molecule has 2 aromatic rings. The van der Waals surface area contributed by atoms with Crippen LogP contribution in [0.3, 0.4) is 0 Å². The van der Waals surface area contributed by atoms with Gasteiger partial charge in [0.25, 0.3) is 5.91 Å². The highest BCUT2D eigenvalue weighted by Crippen LogP contribution is 2.16. The van der Waals surface area contributed by atoms with Gasteiger partial charge in [0.15, 0.2) is 24.1 Å². The van der Waals surface area contributed by atoms with Crippen LogP contribution in [0.4, 0.5) is 4.39 Å². The smallest absolute Gasteiger partial charge is 0.259 e. The summed E-state index contributed by atoms with van der Waals surface area (Å²) in [7, 11) is 5.05. The summed E-state index contributed by atoms with van der Waals surface area (Å²) >= 11 is 0. The van der Waals surface area contributed by atoms with E-state index in [4.69, 9.17) is 9.47 Å². The Labute approximate surface area is 176 Å². The molecule has 30 heavy (non-hydrogen) atoms. The Balaban J connectivity index is 1.80. The largest absolute Gasteiger partial charge is 0.486 e. The van der Waals surface area contributed by atoms with E-state index in [0.29, 0.717) is 24.8 Å². The zero-order valence-electron chi connectivity index (χ0n) is 17.8. The molecule has 1 unspecified atom stereocenters. The van der Waals surface area contributed by atoms with Crippen LogP contribution < -0.4 is 20.1 Å². The molecule has 162 valence electrons.